The van der Waals surface area contributed by atoms with Gasteiger partial charge >= 0.3 is 0 Å². The molecule has 0 N–H and O–H groups in total. The summed E-state index contributed by atoms with van der Waals surface area (Å²) in [6.07, 6.45) is 4.17. The molecule has 0 saturated carbocycles. The fourth-order valence-corrected chi connectivity index (χ4v) is 2.35. The molecule has 1 aromatic carbocycles. The molecule has 0 spiro atoms. The third-order valence-electron chi connectivity index (χ3n) is 2.14. The highest BCUT2D eigenvalue weighted by Gasteiger charge is 2.14. The molecule has 2 aromatic rings. The predicted octanol–water partition coefficient (Wildman–Crippen LogP) is 1.55. The van der Waals surface area contributed by atoms with E-state index in [9.17, 15) is 8.42 Å². The van der Waals surface area contributed by atoms with Gasteiger partial charge in [-0.3, -0.25) is 0 Å². The van der Waals surface area contributed by atoms with E-state index in [2.05, 4.69) is 9.97 Å². The number of hydrogen-bond donors (Lipinski definition) is 0. The van der Waals surface area contributed by atoms with Gasteiger partial charge in [-0.15, -0.1) is 0 Å². The number of nitrogens with zero attached hydrogens (tertiary/aromatic N) is 2. The lowest BCUT2D eigenvalue weighted by molar-refractivity contribution is 0.602. The van der Waals surface area contributed by atoms with Crippen molar-refractivity contribution in [1.82, 2.24) is 9.97 Å². The van der Waals surface area contributed by atoms with E-state index in [1.54, 1.807) is 36.5 Å². The van der Waals surface area contributed by atoms with Gasteiger partial charge in [0, 0.05) is 18.0 Å². The van der Waals surface area contributed by atoms with E-state index in [4.69, 9.17) is 0 Å². The fourth-order valence-electron chi connectivity index (χ4n) is 1.45. The van der Waals surface area contributed by atoms with Crippen molar-refractivity contribution in [3.8, 4) is 11.3 Å². The van der Waals surface area contributed by atoms with Crippen molar-refractivity contribution in [2.75, 3.05) is 6.26 Å². The van der Waals surface area contributed by atoms with Crippen LogP contribution < -0.4 is 0 Å². The van der Waals surface area contributed by atoms with Crippen LogP contribution in [0, 0.1) is 0 Å². The Kier molecular flexibility index (Phi) is 2.70. The van der Waals surface area contributed by atoms with Crippen molar-refractivity contribution < 1.29 is 8.42 Å². The molecule has 16 heavy (non-hydrogen) atoms. The van der Waals surface area contributed by atoms with Crippen LogP contribution in [0.5, 0.6) is 0 Å². The van der Waals surface area contributed by atoms with Crippen LogP contribution in [-0.4, -0.2) is 24.6 Å². The van der Waals surface area contributed by atoms with Gasteiger partial charge in [0.15, 0.2) is 9.84 Å². The molecule has 0 aliphatic rings. The monoisotopic (exact) mass is 234 g/mol. The van der Waals surface area contributed by atoms with Crippen molar-refractivity contribution in [3.63, 3.8) is 0 Å². The third-order valence-corrected chi connectivity index (χ3v) is 3.30. The van der Waals surface area contributed by atoms with E-state index in [1.165, 1.54) is 12.6 Å². The molecule has 0 unspecified atom stereocenters. The summed E-state index contributed by atoms with van der Waals surface area (Å²) in [6.45, 7) is 0. The van der Waals surface area contributed by atoms with Crippen LogP contribution in [0.15, 0.2) is 47.8 Å². The molecular formula is C11H10N2O2S. The zero-order valence-corrected chi connectivity index (χ0v) is 9.48. The summed E-state index contributed by atoms with van der Waals surface area (Å²) in [6, 6.07) is 8.47. The predicted molar refractivity (Wildman–Crippen MR) is 60.6 cm³/mol. The number of rotatable bonds is 2. The van der Waals surface area contributed by atoms with Gasteiger partial charge in [-0.2, -0.15) is 0 Å². The van der Waals surface area contributed by atoms with Crippen LogP contribution in [-0.2, 0) is 9.84 Å². The van der Waals surface area contributed by atoms with Gasteiger partial charge < -0.3 is 0 Å². The Balaban J connectivity index is 2.68. The van der Waals surface area contributed by atoms with Crippen LogP contribution in [0.25, 0.3) is 11.3 Å². The summed E-state index contributed by atoms with van der Waals surface area (Å²) in [5, 5.41) is 0. The second kappa shape index (κ2) is 4.02. The van der Waals surface area contributed by atoms with Crippen molar-refractivity contribution >= 4 is 9.84 Å². The summed E-state index contributed by atoms with van der Waals surface area (Å²) in [5.41, 5.74) is 1.21. The molecule has 0 atom stereocenters. The van der Waals surface area contributed by atoms with Crippen molar-refractivity contribution in [1.29, 1.82) is 0 Å². The smallest absolute Gasteiger partial charge is 0.176 e. The molecule has 2 rings (SSSR count). The summed E-state index contributed by atoms with van der Waals surface area (Å²) in [7, 11) is -3.24. The van der Waals surface area contributed by atoms with Crippen molar-refractivity contribution in [3.05, 3.63) is 42.9 Å². The first kappa shape index (κ1) is 10.8. The molecule has 82 valence electrons. The molecular weight excluding hydrogens is 224 g/mol. The first-order valence-corrected chi connectivity index (χ1v) is 6.53. The van der Waals surface area contributed by atoms with Gasteiger partial charge in [0.25, 0.3) is 0 Å². The highest BCUT2D eigenvalue weighted by atomic mass is 32.2. The highest BCUT2D eigenvalue weighted by Crippen LogP contribution is 2.24. The first-order valence-electron chi connectivity index (χ1n) is 4.64. The Morgan fingerprint density at radius 2 is 1.88 bits per heavy atom. The Hall–Kier alpha value is -1.75. The maximum Gasteiger partial charge on any atom is 0.176 e. The average molecular weight is 234 g/mol. The van der Waals surface area contributed by atoms with Crippen molar-refractivity contribution in [2.24, 2.45) is 0 Å². The summed E-state index contributed by atoms with van der Waals surface area (Å²) >= 11 is 0. The molecule has 4 nitrogen and oxygen atoms in total. The molecule has 1 aromatic heterocycles. The Morgan fingerprint density at radius 1 is 1.12 bits per heavy atom. The number of hydrogen-bond acceptors (Lipinski definition) is 4. The van der Waals surface area contributed by atoms with E-state index in [0.717, 1.165) is 0 Å². The van der Waals surface area contributed by atoms with Crippen LogP contribution in [0.4, 0.5) is 0 Å². The summed E-state index contributed by atoms with van der Waals surface area (Å²) in [5.74, 6) is 0. The van der Waals surface area contributed by atoms with E-state index >= 15 is 0 Å². The zero-order valence-electron chi connectivity index (χ0n) is 8.66. The number of sulfone groups is 1. The van der Waals surface area contributed by atoms with Crippen LogP contribution >= 0.6 is 0 Å². The molecule has 1 heterocycles. The van der Waals surface area contributed by atoms with E-state index < -0.39 is 9.84 Å². The number of aromatic nitrogens is 2. The molecule has 0 amide bonds. The van der Waals surface area contributed by atoms with E-state index in [0.29, 0.717) is 11.3 Å². The molecule has 0 bridgehead atoms. The minimum atomic E-state index is -3.24. The maximum atomic E-state index is 11.6. The molecule has 0 aliphatic heterocycles. The summed E-state index contributed by atoms with van der Waals surface area (Å²) < 4.78 is 23.2. The van der Waals surface area contributed by atoms with Gasteiger partial charge in [-0.05, 0) is 12.1 Å². The van der Waals surface area contributed by atoms with E-state index in [1.807, 2.05) is 0 Å². The minimum absolute atomic E-state index is 0.286. The Morgan fingerprint density at radius 3 is 2.50 bits per heavy atom. The summed E-state index contributed by atoms with van der Waals surface area (Å²) in [4.78, 5) is 8.14. The van der Waals surface area contributed by atoms with Gasteiger partial charge in [0.1, 0.15) is 6.33 Å². The lowest BCUT2D eigenvalue weighted by Gasteiger charge is -2.06. The molecule has 0 aliphatic carbocycles. The first-order chi connectivity index (χ1) is 7.59. The third kappa shape index (κ3) is 2.09. The van der Waals surface area contributed by atoms with Crippen LogP contribution in [0.2, 0.25) is 0 Å². The highest BCUT2D eigenvalue weighted by molar-refractivity contribution is 7.90. The lowest BCUT2D eigenvalue weighted by atomic mass is 10.1. The van der Waals surface area contributed by atoms with Gasteiger partial charge in [0.05, 0.1) is 10.6 Å². The van der Waals surface area contributed by atoms with Crippen LogP contribution in [0.1, 0.15) is 0 Å². The van der Waals surface area contributed by atoms with Gasteiger partial charge in [0.2, 0.25) is 0 Å². The fraction of sp³-hybridized carbons (Fsp3) is 0.0909. The minimum Gasteiger partial charge on any atom is -0.245 e. The second-order valence-corrected chi connectivity index (χ2v) is 5.35. The Labute approximate surface area is 93.9 Å². The van der Waals surface area contributed by atoms with E-state index in [-0.39, 0.29) is 4.90 Å². The average Bonchev–Trinajstić information content (AvgIpc) is 2.29. The quantitative estimate of drug-likeness (QED) is 0.791. The zero-order chi connectivity index (χ0) is 11.6. The SMILES string of the molecule is CS(=O)(=O)c1ccccc1-c1ccncn1. The molecule has 0 fully saturated rings. The van der Waals surface area contributed by atoms with Crippen molar-refractivity contribution in [2.45, 2.75) is 4.90 Å². The molecule has 0 radical (unpaired) electrons. The largest absolute Gasteiger partial charge is 0.245 e. The van der Waals surface area contributed by atoms with Crippen LogP contribution in [0.3, 0.4) is 0 Å². The molecule has 0 saturated heterocycles. The topological polar surface area (TPSA) is 59.9 Å². The number of benzene rings is 1. The maximum absolute atomic E-state index is 11.6. The molecule has 5 heteroatoms. The van der Waals surface area contributed by atoms with Gasteiger partial charge in [-0.25, -0.2) is 18.4 Å². The van der Waals surface area contributed by atoms with Gasteiger partial charge in [-0.1, -0.05) is 18.2 Å². The normalized spacial score (nSPS) is 11.3. The standard InChI is InChI=1S/C11H10N2O2S/c1-16(14,15)11-5-3-2-4-9(11)10-6-7-12-8-13-10/h2-8H,1H3. The lowest BCUT2D eigenvalue weighted by Crippen LogP contribution is -2.00. The second-order valence-electron chi connectivity index (χ2n) is 3.36. The Bertz CT molecular complexity index is 594.